The maximum atomic E-state index is 11.9. The summed E-state index contributed by atoms with van der Waals surface area (Å²) in [6, 6.07) is 0.115. The van der Waals surface area contributed by atoms with Gasteiger partial charge >= 0.3 is 0 Å². The van der Waals surface area contributed by atoms with Gasteiger partial charge in [-0.05, 0) is 27.7 Å². The highest BCUT2D eigenvalue weighted by Gasteiger charge is 2.22. The van der Waals surface area contributed by atoms with E-state index in [1.165, 1.54) is 0 Å². The van der Waals surface area contributed by atoms with Gasteiger partial charge in [0.25, 0.3) is 0 Å². The Hall–Kier alpha value is -1.63. The molecule has 1 rings (SSSR count). The fourth-order valence-electron chi connectivity index (χ4n) is 2.17. The summed E-state index contributed by atoms with van der Waals surface area (Å²) in [4.78, 5) is 14.2. The van der Waals surface area contributed by atoms with Gasteiger partial charge in [-0.25, -0.2) is 0 Å². The molecule has 1 heterocycles. The Morgan fingerprint density at radius 1 is 1.55 bits per heavy atom. The number of aryl methyl sites for hydroxylation is 2. The Kier molecular flexibility index (Phi) is 5.50. The van der Waals surface area contributed by atoms with Gasteiger partial charge in [0, 0.05) is 19.6 Å². The van der Waals surface area contributed by atoms with Crippen LogP contribution in [0.3, 0.4) is 0 Å². The molecule has 0 aromatic carbocycles. The number of anilines is 1. The molecule has 1 aromatic rings. The van der Waals surface area contributed by atoms with Crippen LogP contribution < -0.4 is 16.0 Å². The Bertz CT molecular complexity index is 509. The minimum Gasteiger partial charge on any atom is -0.389 e. The van der Waals surface area contributed by atoms with Gasteiger partial charge < -0.3 is 16.0 Å². The Morgan fingerprint density at radius 3 is 2.60 bits per heavy atom. The molecule has 0 saturated carbocycles. The predicted molar refractivity (Wildman–Crippen MR) is 85.0 cm³/mol. The number of likely N-dealkylation sites (N-methyl/N-ethyl adjacent to an activating group) is 1. The lowest BCUT2D eigenvalue weighted by atomic mass is 10.2. The zero-order valence-electron chi connectivity index (χ0n) is 12.7. The number of amides is 1. The van der Waals surface area contributed by atoms with Crippen molar-refractivity contribution < 1.29 is 4.79 Å². The topological polar surface area (TPSA) is 76.2 Å². The molecule has 0 atom stereocenters. The van der Waals surface area contributed by atoms with E-state index in [1.54, 1.807) is 4.68 Å². The number of hydrogen-bond acceptors (Lipinski definition) is 4. The SMILES string of the molecule is CCN(CC(=O)NC(C)C)c1c(C(N)=S)c(C)nn1C. The number of nitrogens with one attached hydrogen (secondary N) is 1. The maximum Gasteiger partial charge on any atom is 0.239 e. The lowest BCUT2D eigenvalue weighted by Crippen LogP contribution is -2.41. The summed E-state index contributed by atoms with van der Waals surface area (Å²) in [5.74, 6) is 0.756. The minimum atomic E-state index is -0.0328. The zero-order valence-corrected chi connectivity index (χ0v) is 13.5. The maximum absolute atomic E-state index is 11.9. The van der Waals surface area contributed by atoms with Gasteiger partial charge in [0.05, 0.1) is 17.8 Å². The molecule has 0 aliphatic heterocycles. The monoisotopic (exact) mass is 297 g/mol. The first-order valence-corrected chi connectivity index (χ1v) is 7.06. The van der Waals surface area contributed by atoms with Crippen LogP contribution in [0.1, 0.15) is 32.0 Å². The first kappa shape index (κ1) is 16.4. The van der Waals surface area contributed by atoms with E-state index < -0.39 is 0 Å². The van der Waals surface area contributed by atoms with Crippen molar-refractivity contribution in [1.29, 1.82) is 0 Å². The molecule has 0 aliphatic rings. The number of carbonyl (C=O) groups is 1. The number of carbonyl (C=O) groups excluding carboxylic acids is 1. The van der Waals surface area contributed by atoms with Crippen LogP contribution in [0, 0.1) is 6.92 Å². The molecule has 0 radical (unpaired) electrons. The number of thiocarbonyl (C=S) groups is 1. The fraction of sp³-hybridized carbons (Fsp3) is 0.615. The molecule has 0 bridgehead atoms. The second-order valence-corrected chi connectivity index (χ2v) is 5.45. The third-order valence-corrected chi connectivity index (χ3v) is 3.11. The van der Waals surface area contributed by atoms with E-state index >= 15 is 0 Å². The molecule has 0 unspecified atom stereocenters. The molecule has 0 spiro atoms. The first-order chi connectivity index (χ1) is 9.27. The summed E-state index contributed by atoms with van der Waals surface area (Å²) in [7, 11) is 1.83. The van der Waals surface area contributed by atoms with E-state index in [4.69, 9.17) is 18.0 Å². The number of hydrogen-bond donors (Lipinski definition) is 2. The predicted octanol–water partition coefficient (Wildman–Crippen LogP) is 0.714. The third-order valence-electron chi connectivity index (χ3n) is 2.90. The van der Waals surface area contributed by atoms with Crippen LogP contribution in [-0.2, 0) is 11.8 Å². The normalized spacial score (nSPS) is 10.7. The summed E-state index contributed by atoms with van der Waals surface area (Å²) in [6.07, 6.45) is 0. The van der Waals surface area contributed by atoms with Crippen molar-refractivity contribution in [1.82, 2.24) is 15.1 Å². The van der Waals surface area contributed by atoms with Crippen molar-refractivity contribution in [2.75, 3.05) is 18.0 Å². The van der Waals surface area contributed by atoms with Gasteiger partial charge in [-0.15, -0.1) is 0 Å². The lowest BCUT2D eigenvalue weighted by molar-refractivity contribution is -0.120. The highest BCUT2D eigenvalue weighted by molar-refractivity contribution is 7.80. The van der Waals surface area contributed by atoms with Gasteiger partial charge in [0.1, 0.15) is 10.8 Å². The van der Waals surface area contributed by atoms with Crippen LogP contribution >= 0.6 is 12.2 Å². The van der Waals surface area contributed by atoms with E-state index in [9.17, 15) is 4.79 Å². The summed E-state index contributed by atoms with van der Waals surface area (Å²) in [5, 5.41) is 7.22. The van der Waals surface area contributed by atoms with Gasteiger partial charge in [-0.1, -0.05) is 12.2 Å². The largest absolute Gasteiger partial charge is 0.389 e. The van der Waals surface area contributed by atoms with Gasteiger partial charge in [0.15, 0.2) is 0 Å². The molecular weight excluding hydrogens is 274 g/mol. The molecule has 6 nitrogen and oxygen atoms in total. The summed E-state index contributed by atoms with van der Waals surface area (Å²) < 4.78 is 1.72. The molecule has 3 N–H and O–H groups in total. The average molecular weight is 297 g/mol. The Balaban J connectivity index is 3.07. The molecule has 0 aliphatic carbocycles. The van der Waals surface area contributed by atoms with Crippen LogP contribution in [0.15, 0.2) is 0 Å². The number of nitrogens with zero attached hydrogens (tertiary/aromatic N) is 3. The van der Waals surface area contributed by atoms with E-state index in [-0.39, 0.29) is 18.5 Å². The van der Waals surface area contributed by atoms with Gasteiger partial charge in [-0.2, -0.15) is 5.10 Å². The van der Waals surface area contributed by atoms with Crippen molar-refractivity contribution >= 4 is 28.9 Å². The lowest BCUT2D eigenvalue weighted by Gasteiger charge is -2.24. The van der Waals surface area contributed by atoms with Crippen molar-refractivity contribution in [3.63, 3.8) is 0 Å². The number of rotatable bonds is 6. The van der Waals surface area contributed by atoms with Crippen LogP contribution in [0.25, 0.3) is 0 Å². The highest BCUT2D eigenvalue weighted by atomic mass is 32.1. The second kappa shape index (κ2) is 6.69. The molecule has 7 heteroatoms. The molecule has 0 fully saturated rings. The number of nitrogens with two attached hydrogens (primary N) is 1. The van der Waals surface area contributed by atoms with Crippen molar-refractivity contribution in [2.24, 2.45) is 12.8 Å². The van der Waals surface area contributed by atoms with E-state index in [2.05, 4.69) is 10.4 Å². The summed E-state index contributed by atoms with van der Waals surface area (Å²) >= 11 is 5.10. The zero-order chi connectivity index (χ0) is 15.4. The standard InChI is InChI=1S/C13H23N5OS/c1-6-18(7-10(19)15-8(2)3)13-11(12(14)20)9(4)16-17(13)5/h8H,6-7H2,1-5H3,(H2,14,20)(H,15,19). The number of aromatic nitrogens is 2. The molecule has 1 aromatic heterocycles. The quantitative estimate of drug-likeness (QED) is 0.757. The molecule has 1 amide bonds. The van der Waals surface area contributed by atoms with E-state index in [0.29, 0.717) is 11.5 Å². The molecular formula is C13H23N5OS. The first-order valence-electron chi connectivity index (χ1n) is 6.65. The third kappa shape index (κ3) is 3.69. The van der Waals surface area contributed by atoms with E-state index in [1.807, 2.05) is 39.6 Å². The molecule has 0 saturated heterocycles. The van der Waals surface area contributed by atoms with Crippen LogP contribution in [0.2, 0.25) is 0 Å². The fourth-order valence-corrected chi connectivity index (χ4v) is 2.41. The van der Waals surface area contributed by atoms with Crippen molar-refractivity contribution in [3.05, 3.63) is 11.3 Å². The van der Waals surface area contributed by atoms with Crippen LogP contribution in [0.5, 0.6) is 0 Å². The highest BCUT2D eigenvalue weighted by Crippen LogP contribution is 2.22. The summed E-state index contributed by atoms with van der Waals surface area (Å²) in [5.41, 5.74) is 7.30. The van der Waals surface area contributed by atoms with Gasteiger partial charge in [-0.3, -0.25) is 9.48 Å². The smallest absolute Gasteiger partial charge is 0.239 e. The Labute approximate surface area is 125 Å². The summed E-state index contributed by atoms with van der Waals surface area (Å²) in [6.45, 7) is 8.63. The van der Waals surface area contributed by atoms with Crippen molar-refractivity contribution in [3.8, 4) is 0 Å². The van der Waals surface area contributed by atoms with Crippen LogP contribution in [0.4, 0.5) is 5.82 Å². The minimum absolute atomic E-state index is 0.0328. The average Bonchev–Trinajstić information content (AvgIpc) is 2.60. The second-order valence-electron chi connectivity index (χ2n) is 5.01. The van der Waals surface area contributed by atoms with Crippen molar-refractivity contribution in [2.45, 2.75) is 33.7 Å². The molecule has 112 valence electrons. The van der Waals surface area contributed by atoms with Crippen LogP contribution in [-0.4, -0.2) is 39.8 Å². The Morgan fingerprint density at radius 2 is 2.15 bits per heavy atom. The van der Waals surface area contributed by atoms with Gasteiger partial charge in [0.2, 0.25) is 5.91 Å². The molecule has 20 heavy (non-hydrogen) atoms. The van der Waals surface area contributed by atoms with E-state index in [0.717, 1.165) is 17.1 Å².